The van der Waals surface area contributed by atoms with Crippen molar-refractivity contribution in [3.05, 3.63) is 59.8 Å². The highest BCUT2D eigenvalue weighted by Gasteiger charge is 2.45. The lowest BCUT2D eigenvalue weighted by Crippen LogP contribution is -2.50. The molecule has 2 aliphatic rings. The largest absolute Gasteiger partial charge is 0.472 e. The van der Waals surface area contributed by atoms with Gasteiger partial charge in [-0.25, -0.2) is 4.98 Å². The molecule has 0 radical (unpaired) electrons. The lowest BCUT2D eigenvalue weighted by Gasteiger charge is -2.39. The molecule has 0 unspecified atom stereocenters. The van der Waals surface area contributed by atoms with Gasteiger partial charge in [0.25, 0.3) is 5.91 Å². The summed E-state index contributed by atoms with van der Waals surface area (Å²) in [6.07, 6.45) is 4.42. The van der Waals surface area contributed by atoms with Crippen LogP contribution in [0.5, 0.6) is 5.88 Å². The number of ether oxygens (including phenoxy) is 2. The number of carbonyl (C=O) groups excluding carboxylic acids is 1. The molecule has 0 bridgehead atoms. The van der Waals surface area contributed by atoms with Gasteiger partial charge in [-0.05, 0) is 38.0 Å². The normalized spacial score (nSPS) is 25.4. The first-order valence-electron chi connectivity index (χ1n) is 9.21. The van der Waals surface area contributed by atoms with Gasteiger partial charge < -0.3 is 14.4 Å². The van der Waals surface area contributed by atoms with Gasteiger partial charge in [0, 0.05) is 30.8 Å². The lowest BCUT2D eigenvalue weighted by atomic mass is 9.89. The van der Waals surface area contributed by atoms with E-state index in [1.54, 1.807) is 6.20 Å². The van der Waals surface area contributed by atoms with Crippen molar-refractivity contribution in [3.63, 3.8) is 0 Å². The summed E-state index contributed by atoms with van der Waals surface area (Å²) < 4.78 is 12.1. The van der Waals surface area contributed by atoms with Gasteiger partial charge in [0.05, 0.1) is 18.8 Å². The maximum Gasteiger partial charge on any atom is 0.253 e. The maximum atomic E-state index is 12.9. The monoisotopic (exact) mass is 352 g/mol. The average Bonchev–Trinajstić information content (AvgIpc) is 3.03. The number of likely N-dealkylation sites (tertiary alicyclic amines) is 1. The van der Waals surface area contributed by atoms with Crippen LogP contribution in [0.1, 0.15) is 35.2 Å². The van der Waals surface area contributed by atoms with E-state index in [-0.39, 0.29) is 17.6 Å². The van der Waals surface area contributed by atoms with Gasteiger partial charge in [-0.15, -0.1) is 0 Å². The predicted molar refractivity (Wildman–Crippen MR) is 98.3 cm³/mol. The first-order valence-corrected chi connectivity index (χ1v) is 9.21. The van der Waals surface area contributed by atoms with Crippen LogP contribution in [-0.2, 0) is 4.74 Å². The van der Waals surface area contributed by atoms with E-state index in [4.69, 9.17) is 9.47 Å². The summed E-state index contributed by atoms with van der Waals surface area (Å²) in [5.41, 5.74) is 1.56. The maximum absolute atomic E-state index is 12.9. The van der Waals surface area contributed by atoms with Crippen LogP contribution in [0.2, 0.25) is 0 Å². The van der Waals surface area contributed by atoms with Crippen LogP contribution in [0.15, 0.2) is 48.7 Å². The van der Waals surface area contributed by atoms with Crippen LogP contribution in [-0.4, -0.2) is 47.2 Å². The molecule has 4 rings (SSSR count). The van der Waals surface area contributed by atoms with Crippen molar-refractivity contribution in [1.29, 1.82) is 0 Å². The molecule has 1 amide bonds. The summed E-state index contributed by atoms with van der Waals surface area (Å²) in [7, 11) is 0. The van der Waals surface area contributed by atoms with E-state index in [1.165, 1.54) is 0 Å². The third-order valence-electron chi connectivity index (χ3n) is 5.19. The number of benzene rings is 1. The van der Waals surface area contributed by atoms with E-state index < -0.39 is 0 Å². The van der Waals surface area contributed by atoms with E-state index in [0.29, 0.717) is 19.0 Å². The Balaban J connectivity index is 1.42. The minimum Gasteiger partial charge on any atom is -0.472 e. The molecule has 0 aliphatic carbocycles. The van der Waals surface area contributed by atoms with Gasteiger partial charge in [-0.1, -0.05) is 23.8 Å². The SMILES string of the molecule is Cc1cccc(C(=O)N2CCC[C@]3(C[C@H](Oc4ccccn4)CO3)C2)c1. The molecule has 26 heavy (non-hydrogen) atoms. The summed E-state index contributed by atoms with van der Waals surface area (Å²) in [6.45, 7) is 3.96. The fourth-order valence-corrected chi connectivity index (χ4v) is 3.98. The highest BCUT2D eigenvalue weighted by molar-refractivity contribution is 5.94. The number of hydrogen-bond acceptors (Lipinski definition) is 4. The van der Waals surface area contributed by atoms with Crippen molar-refractivity contribution in [1.82, 2.24) is 9.88 Å². The molecule has 0 saturated carbocycles. The van der Waals surface area contributed by atoms with Crippen molar-refractivity contribution >= 4 is 5.91 Å². The zero-order valence-corrected chi connectivity index (χ0v) is 15.1. The van der Waals surface area contributed by atoms with Crippen molar-refractivity contribution in [2.45, 2.75) is 37.9 Å². The molecular formula is C21H24N2O3. The molecule has 5 heteroatoms. The van der Waals surface area contributed by atoms with Crippen molar-refractivity contribution < 1.29 is 14.3 Å². The van der Waals surface area contributed by atoms with Crippen LogP contribution in [0.4, 0.5) is 0 Å². The van der Waals surface area contributed by atoms with E-state index in [1.807, 2.05) is 54.3 Å². The third kappa shape index (κ3) is 3.58. The molecule has 136 valence electrons. The number of nitrogens with zero attached hydrogens (tertiary/aromatic N) is 2. The number of piperidine rings is 1. The predicted octanol–water partition coefficient (Wildman–Crippen LogP) is 3.23. The van der Waals surface area contributed by atoms with E-state index >= 15 is 0 Å². The summed E-state index contributed by atoms with van der Waals surface area (Å²) >= 11 is 0. The fraction of sp³-hybridized carbons (Fsp3) is 0.429. The quantitative estimate of drug-likeness (QED) is 0.851. The fourth-order valence-electron chi connectivity index (χ4n) is 3.98. The number of hydrogen-bond donors (Lipinski definition) is 0. The molecule has 2 aromatic rings. The number of amides is 1. The van der Waals surface area contributed by atoms with Gasteiger partial charge >= 0.3 is 0 Å². The van der Waals surface area contributed by atoms with E-state index in [9.17, 15) is 4.79 Å². The van der Waals surface area contributed by atoms with Crippen molar-refractivity contribution in [3.8, 4) is 5.88 Å². The molecule has 1 spiro atoms. The Labute approximate surface area is 153 Å². The second-order valence-corrected chi connectivity index (χ2v) is 7.31. The summed E-state index contributed by atoms with van der Waals surface area (Å²) in [4.78, 5) is 19.1. The van der Waals surface area contributed by atoms with Gasteiger partial charge in [0.2, 0.25) is 5.88 Å². The summed E-state index contributed by atoms with van der Waals surface area (Å²) in [5.74, 6) is 0.715. The molecule has 2 atom stereocenters. The molecule has 3 heterocycles. The number of pyridine rings is 1. The zero-order chi connectivity index (χ0) is 18.0. The summed E-state index contributed by atoms with van der Waals surface area (Å²) in [6, 6.07) is 13.4. The lowest BCUT2D eigenvalue weighted by molar-refractivity contribution is -0.0453. The number of aromatic nitrogens is 1. The second kappa shape index (κ2) is 7.08. The first-order chi connectivity index (χ1) is 12.6. The van der Waals surface area contributed by atoms with Gasteiger partial charge in [0.1, 0.15) is 6.10 Å². The Kier molecular flexibility index (Phi) is 4.64. The third-order valence-corrected chi connectivity index (χ3v) is 5.19. The molecule has 1 aromatic carbocycles. The van der Waals surface area contributed by atoms with E-state index in [2.05, 4.69) is 4.98 Å². The van der Waals surface area contributed by atoms with Crippen LogP contribution in [0, 0.1) is 6.92 Å². The molecule has 0 N–H and O–H groups in total. The summed E-state index contributed by atoms with van der Waals surface area (Å²) in [5, 5.41) is 0. The molecule has 2 saturated heterocycles. The first kappa shape index (κ1) is 17.0. The second-order valence-electron chi connectivity index (χ2n) is 7.31. The molecule has 2 fully saturated rings. The van der Waals surface area contributed by atoms with Gasteiger partial charge in [-0.2, -0.15) is 0 Å². The standard InChI is InChI=1S/C21H24N2O3/c1-16-6-4-7-17(12-16)20(24)23-11-5-9-21(15-23)13-18(14-25-21)26-19-8-2-3-10-22-19/h2-4,6-8,10,12,18H,5,9,11,13-15H2,1H3/t18-,21-/m0/s1. The topological polar surface area (TPSA) is 51.7 Å². The van der Waals surface area contributed by atoms with E-state index in [0.717, 1.165) is 36.9 Å². The average molecular weight is 352 g/mol. The Morgan fingerprint density at radius 2 is 2.23 bits per heavy atom. The van der Waals surface area contributed by atoms with Gasteiger partial charge in [-0.3, -0.25) is 4.79 Å². The van der Waals surface area contributed by atoms with Crippen LogP contribution in [0.25, 0.3) is 0 Å². The van der Waals surface area contributed by atoms with Crippen molar-refractivity contribution in [2.24, 2.45) is 0 Å². The smallest absolute Gasteiger partial charge is 0.253 e. The Morgan fingerprint density at radius 3 is 3.04 bits per heavy atom. The molecule has 5 nitrogen and oxygen atoms in total. The Morgan fingerprint density at radius 1 is 1.31 bits per heavy atom. The zero-order valence-electron chi connectivity index (χ0n) is 15.1. The molecular weight excluding hydrogens is 328 g/mol. The minimum absolute atomic E-state index is 0.0149. The van der Waals surface area contributed by atoms with Gasteiger partial charge in [0.15, 0.2) is 0 Å². The Hall–Kier alpha value is -2.40. The van der Waals surface area contributed by atoms with Crippen LogP contribution in [0.3, 0.4) is 0 Å². The van der Waals surface area contributed by atoms with Crippen LogP contribution < -0.4 is 4.74 Å². The molecule has 2 aliphatic heterocycles. The Bertz CT molecular complexity index is 780. The van der Waals surface area contributed by atoms with Crippen molar-refractivity contribution in [2.75, 3.05) is 19.7 Å². The number of aryl methyl sites for hydroxylation is 1. The number of rotatable bonds is 3. The highest BCUT2D eigenvalue weighted by atomic mass is 16.6. The highest BCUT2D eigenvalue weighted by Crippen LogP contribution is 2.36. The minimum atomic E-state index is -0.294. The molecule has 1 aromatic heterocycles. The number of carbonyl (C=O) groups is 1. The van der Waals surface area contributed by atoms with Crippen LogP contribution >= 0.6 is 0 Å².